The third-order valence-electron chi connectivity index (χ3n) is 4.75. The fourth-order valence-corrected chi connectivity index (χ4v) is 3.56. The Bertz CT molecular complexity index is 712. The maximum atomic E-state index is 11.8. The van der Waals surface area contributed by atoms with Crippen molar-refractivity contribution in [3.63, 3.8) is 0 Å². The fourth-order valence-electron chi connectivity index (χ4n) is 3.39. The smallest absolute Gasteiger partial charge is 0.308 e. The van der Waals surface area contributed by atoms with Crippen molar-refractivity contribution in [1.29, 1.82) is 0 Å². The molecular formula is C19H23ClN2O2. The largest absolute Gasteiger partial charge is 0.466 e. The molecule has 1 heterocycles. The molecule has 1 aromatic carbocycles. The number of rotatable bonds is 5. The maximum absolute atomic E-state index is 11.8. The molecule has 0 saturated heterocycles. The molecule has 0 aliphatic heterocycles. The Kier molecular flexibility index (Phi) is 5.56. The Morgan fingerprint density at radius 2 is 2.08 bits per heavy atom. The first-order chi connectivity index (χ1) is 11.7. The summed E-state index contributed by atoms with van der Waals surface area (Å²) in [7, 11) is 0. The summed E-state index contributed by atoms with van der Waals surface area (Å²) in [4.78, 5) is 16.2. The molecule has 128 valence electrons. The second kappa shape index (κ2) is 7.84. The van der Waals surface area contributed by atoms with Crippen LogP contribution in [0.2, 0.25) is 5.02 Å². The Hall–Kier alpha value is -1.81. The summed E-state index contributed by atoms with van der Waals surface area (Å²) >= 11 is 6.03. The maximum Gasteiger partial charge on any atom is 0.308 e. The molecular weight excluding hydrogens is 324 g/mol. The van der Waals surface area contributed by atoms with Gasteiger partial charge >= 0.3 is 5.97 Å². The molecule has 4 nitrogen and oxygen atoms in total. The molecule has 1 aliphatic rings. The lowest BCUT2D eigenvalue weighted by molar-refractivity contribution is -0.149. The van der Waals surface area contributed by atoms with Crippen molar-refractivity contribution in [2.24, 2.45) is 11.8 Å². The molecule has 0 amide bonds. The predicted octanol–water partition coefficient (Wildman–Crippen LogP) is 4.67. The van der Waals surface area contributed by atoms with Crippen LogP contribution in [0, 0.1) is 11.8 Å². The molecule has 0 bridgehead atoms. The van der Waals surface area contributed by atoms with Gasteiger partial charge in [-0.2, -0.15) is 0 Å². The molecule has 2 aromatic rings. The number of anilines is 1. The van der Waals surface area contributed by atoms with Crippen LogP contribution in [0.1, 0.15) is 32.6 Å². The number of nitrogens with one attached hydrogen (secondary N) is 1. The lowest BCUT2D eigenvalue weighted by Gasteiger charge is -2.27. The molecule has 0 radical (unpaired) electrons. The van der Waals surface area contributed by atoms with Gasteiger partial charge in [-0.15, -0.1) is 0 Å². The number of benzene rings is 1. The summed E-state index contributed by atoms with van der Waals surface area (Å²) in [5.74, 6) is 0.650. The van der Waals surface area contributed by atoms with E-state index in [9.17, 15) is 4.79 Å². The molecule has 1 fully saturated rings. The zero-order valence-corrected chi connectivity index (χ0v) is 14.7. The summed E-state index contributed by atoms with van der Waals surface area (Å²) in [6, 6.07) is 7.78. The van der Waals surface area contributed by atoms with E-state index in [1.807, 2.05) is 31.2 Å². The van der Waals surface area contributed by atoms with Crippen molar-refractivity contribution in [2.45, 2.75) is 32.6 Å². The molecule has 0 spiro atoms. The molecule has 1 N–H and O–H groups in total. The third-order valence-corrected chi connectivity index (χ3v) is 4.99. The van der Waals surface area contributed by atoms with Crippen LogP contribution in [0.4, 0.5) is 5.69 Å². The van der Waals surface area contributed by atoms with E-state index in [2.05, 4.69) is 10.3 Å². The first-order valence-electron chi connectivity index (χ1n) is 8.62. The van der Waals surface area contributed by atoms with Gasteiger partial charge in [-0.05, 0) is 62.8 Å². The number of pyridine rings is 1. The predicted molar refractivity (Wildman–Crippen MR) is 97.3 cm³/mol. The number of ether oxygens (including phenoxy) is 1. The molecule has 24 heavy (non-hydrogen) atoms. The number of aromatic nitrogens is 1. The highest BCUT2D eigenvalue weighted by Gasteiger charge is 2.27. The van der Waals surface area contributed by atoms with Crippen LogP contribution in [0.3, 0.4) is 0 Å². The van der Waals surface area contributed by atoms with E-state index in [1.165, 1.54) is 0 Å². The van der Waals surface area contributed by atoms with Gasteiger partial charge in [0.05, 0.1) is 18.0 Å². The van der Waals surface area contributed by atoms with Crippen LogP contribution in [0.5, 0.6) is 0 Å². The fraction of sp³-hybridized carbons (Fsp3) is 0.474. The average molecular weight is 347 g/mol. The van der Waals surface area contributed by atoms with E-state index in [-0.39, 0.29) is 11.9 Å². The first-order valence-corrected chi connectivity index (χ1v) is 9.00. The summed E-state index contributed by atoms with van der Waals surface area (Å²) in [6.07, 6.45) is 5.78. The number of carbonyl (C=O) groups excluding carboxylic acids is 1. The number of carbonyl (C=O) groups is 1. The van der Waals surface area contributed by atoms with Gasteiger partial charge in [0.2, 0.25) is 0 Å². The molecule has 1 aromatic heterocycles. The van der Waals surface area contributed by atoms with Gasteiger partial charge in [0.1, 0.15) is 0 Å². The van der Waals surface area contributed by atoms with Crippen molar-refractivity contribution in [1.82, 2.24) is 4.98 Å². The zero-order chi connectivity index (χ0) is 16.9. The Morgan fingerprint density at radius 3 is 2.83 bits per heavy atom. The molecule has 3 rings (SSSR count). The Morgan fingerprint density at radius 1 is 1.29 bits per heavy atom. The van der Waals surface area contributed by atoms with Crippen LogP contribution in [0.15, 0.2) is 30.5 Å². The lowest BCUT2D eigenvalue weighted by atomic mass is 9.82. The molecule has 0 unspecified atom stereocenters. The van der Waals surface area contributed by atoms with Gasteiger partial charge in [0.15, 0.2) is 0 Å². The Balaban J connectivity index is 1.57. The minimum Gasteiger partial charge on any atom is -0.466 e. The summed E-state index contributed by atoms with van der Waals surface area (Å²) < 4.78 is 5.13. The van der Waals surface area contributed by atoms with Crippen molar-refractivity contribution < 1.29 is 9.53 Å². The topological polar surface area (TPSA) is 51.2 Å². The number of nitrogens with zero attached hydrogens (tertiary/aromatic N) is 1. The molecule has 1 aliphatic carbocycles. The van der Waals surface area contributed by atoms with Crippen molar-refractivity contribution in [3.8, 4) is 0 Å². The van der Waals surface area contributed by atoms with E-state index < -0.39 is 0 Å². The number of hydrogen-bond donors (Lipinski definition) is 1. The van der Waals surface area contributed by atoms with E-state index in [4.69, 9.17) is 16.3 Å². The number of esters is 1. The Labute approximate surface area is 147 Å². The lowest BCUT2D eigenvalue weighted by Crippen LogP contribution is -2.26. The van der Waals surface area contributed by atoms with Crippen molar-refractivity contribution >= 4 is 34.2 Å². The van der Waals surface area contributed by atoms with Gasteiger partial charge in [-0.3, -0.25) is 9.78 Å². The summed E-state index contributed by atoms with van der Waals surface area (Å²) in [5, 5.41) is 5.33. The van der Waals surface area contributed by atoms with Gasteiger partial charge < -0.3 is 10.1 Å². The van der Waals surface area contributed by atoms with E-state index in [1.54, 1.807) is 6.20 Å². The van der Waals surface area contributed by atoms with Gasteiger partial charge in [-0.1, -0.05) is 11.6 Å². The van der Waals surface area contributed by atoms with Crippen LogP contribution in [-0.4, -0.2) is 24.1 Å². The first kappa shape index (κ1) is 17.0. The van der Waals surface area contributed by atoms with Crippen LogP contribution in [0.25, 0.3) is 10.9 Å². The van der Waals surface area contributed by atoms with Gasteiger partial charge in [-0.25, -0.2) is 0 Å². The average Bonchev–Trinajstić information content (AvgIpc) is 2.60. The SMILES string of the molecule is CCOC(=O)C1CCC(CNc2ccnc3cc(Cl)ccc23)CC1. The third kappa shape index (κ3) is 3.99. The number of hydrogen-bond acceptors (Lipinski definition) is 4. The van der Waals surface area contributed by atoms with Gasteiger partial charge in [0.25, 0.3) is 0 Å². The summed E-state index contributed by atoms with van der Waals surface area (Å²) in [6.45, 7) is 3.25. The second-order valence-corrected chi connectivity index (χ2v) is 6.81. The van der Waals surface area contributed by atoms with E-state index in [0.717, 1.165) is 48.8 Å². The molecule has 0 atom stereocenters. The van der Waals surface area contributed by atoms with Crippen LogP contribution >= 0.6 is 11.6 Å². The van der Waals surface area contributed by atoms with Crippen molar-refractivity contribution in [3.05, 3.63) is 35.5 Å². The number of fused-ring (bicyclic) bond motifs is 1. The molecule has 1 saturated carbocycles. The van der Waals surface area contributed by atoms with Gasteiger partial charge in [0, 0.05) is 28.8 Å². The highest BCUT2D eigenvalue weighted by molar-refractivity contribution is 6.31. The van der Waals surface area contributed by atoms with E-state index >= 15 is 0 Å². The standard InChI is InChI=1S/C19H23ClN2O2/c1-2-24-19(23)14-5-3-13(4-6-14)12-22-17-9-10-21-18-11-15(20)7-8-16(17)18/h7-11,13-14H,2-6,12H2,1H3,(H,21,22). The highest BCUT2D eigenvalue weighted by atomic mass is 35.5. The molecule has 5 heteroatoms. The van der Waals surface area contributed by atoms with Crippen LogP contribution in [-0.2, 0) is 9.53 Å². The minimum absolute atomic E-state index is 0.0269. The minimum atomic E-state index is -0.0269. The quantitative estimate of drug-likeness (QED) is 0.799. The normalized spacial score (nSPS) is 20.8. The highest BCUT2D eigenvalue weighted by Crippen LogP contribution is 2.31. The monoisotopic (exact) mass is 346 g/mol. The van der Waals surface area contributed by atoms with Crippen molar-refractivity contribution in [2.75, 3.05) is 18.5 Å². The second-order valence-electron chi connectivity index (χ2n) is 6.37. The zero-order valence-electron chi connectivity index (χ0n) is 13.9. The summed E-state index contributed by atoms with van der Waals surface area (Å²) in [5.41, 5.74) is 1.99. The van der Waals surface area contributed by atoms with E-state index in [0.29, 0.717) is 17.5 Å². The van der Waals surface area contributed by atoms with Crippen LogP contribution < -0.4 is 5.32 Å². The number of halogens is 1.